The molecule has 4 saturated carbocycles. The molecule has 0 spiro atoms. The summed E-state index contributed by atoms with van der Waals surface area (Å²) >= 11 is 0. The zero-order chi connectivity index (χ0) is 28.9. The Kier molecular flexibility index (Phi) is 4.29. The summed E-state index contributed by atoms with van der Waals surface area (Å²) in [4.78, 5) is 19.9. The summed E-state index contributed by atoms with van der Waals surface area (Å²) in [6.45, 7) is 0. The number of nitrogens with zero attached hydrogens (tertiary/aromatic N) is 1. The Morgan fingerprint density at radius 3 is 1.91 bits per heavy atom. The number of rotatable bonds is 5. The Labute approximate surface area is 255 Å². The van der Waals surface area contributed by atoms with Crippen molar-refractivity contribution in [2.24, 2.45) is 28.7 Å². The molecule has 4 aromatic carbocycles. The molecule has 11 rings (SSSR count). The van der Waals surface area contributed by atoms with Crippen LogP contribution in [-0.2, 0) is 4.79 Å². The Balaban J connectivity index is 1.15. The first-order valence-corrected chi connectivity index (χ1v) is 16.6. The maximum Gasteiger partial charge on any atom is 0.201 e. The molecule has 0 radical (unpaired) electrons. The van der Waals surface area contributed by atoms with Crippen LogP contribution in [-0.4, -0.2) is 22.2 Å². The number of aliphatic hydroxyl groups excluding tert-OH is 1. The topological polar surface area (TPSA) is 85.8 Å². The van der Waals surface area contributed by atoms with Crippen molar-refractivity contribution in [1.82, 2.24) is 0 Å². The third kappa shape index (κ3) is 3.01. The van der Waals surface area contributed by atoms with Crippen LogP contribution in [0.2, 0.25) is 0 Å². The van der Waals surface area contributed by atoms with E-state index >= 15 is 0 Å². The smallest absolute Gasteiger partial charge is 0.201 e. The second-order valence-corrected chi connectivity index (χ2v) is 14.5. The van der Waals surface area contributed by atoms with Gasteiger partial charge in [-0.15, -0.1) is 0 Å². The first kappa shape index (κ1) is 24.1. The molecule has 4 aromatic rings. The summed E-state index contributed by atoms with van der Waals surface area (Å²) in [7, 11) is 0. The minimum absolute atomic E-state index is 0.0929. The number of carbonyl (C=O) groups is 1. The molecule has 4 N–H and O–H groups in total. The van der Waals surface area contributed by atoms with Crippen molar-refractivity contribution in [3.8, 4) is 0 Å². The summed E-state index contributed by atoms with van der Waals surface area (Å²) in [5.41, 5.74) is 4.36. The van der Waals surface area contributed by atoms with E-state index in [1.165, 1.54) is 51.4 Å². The minimum Gasteiger partial charge on any atom is -0.506 e. The highest BCUT2D eigenvalue weighted by atomic mass is 16.3. The number of benzene rings is 4. The number of carbonyl (C=O) groups excluding carboxylic acids is 1. The summed E-state index contributed by atoms with van der Waals surface area (Å²) in [6.07, 6.45) is 9.58. The SMILES string of the molecule is O=C1C(c2ccc3cccc4c3c2NC(C2CC2)(C2CC2)N4)=C(O)/C1=c1/ccc2cccc3c2c1=NC(C1CC1)(C1CC1)N3. The summed E-state index contributed by atoms with van der Waals surface area (Å²) in [5.74, 6) is 2.18. The van der Waals surface area contributed by atoms with Crippen molar-refractivity contribution in [2.75, 3.05) is 16.0 Å². The third-order valence-electron chi connectivity index (χ3n) is 11.7. The Morgan fingerprint density at radius 1 is 0.659 bits per heavy atom. The fourth-order valence-electron chi connectivity index (χ4n) is 8.98. The summed E-state index contributed by atoms with van der Waals surface area (Å²) in [5, 5.41) is 29.7. The van der Waals surface area contributed by atoms with Crippen LogP contribution >= 0.6 is 0 Å². The minimum atomic E-state index is -0.308. The summed E-state index contributed by atoms with van der Waals surface area (Å²) < 4.78 is 0. The predicted octanol–water partition coefficient (Wildman–Crippen LogP) is 6.61. The van der Waals surface area contributed by atoms with E-state index in [0.717, 1.165) is 54.7 Å². The number of ketones is 1. The zero-order valence-corrected chi connectivity index (χ0v) is 24.5. The number of hydrogen-bond donors (Lipinski definition) is 4. The molecule has 0 atom stereocenters. The van der Waals surface area contributed by atoms with Crippen LogP contribution in [0, 0.1) is 23.7 Å². The lowest BCUT2D eigenvalue weighted by Gasteiger charge is -2.43. The number of nitrogens with one attached hydrogen (secondary N) is 3. The van der Waals surface area contributed by atoms with Crippen LogP contribution in [0.5, 0.6) is 0 Å². The summed E-state index contributed by atoms with van der Waals surface area (Å²) in [6, 6.07) is 21.0. The first-order chi connectivity index (χ1) is 21.6. The molecular weight excluding hydrogens is 544 g/mol. The van der Waals surface area contributed by atoms with E-state index in [2.05, 4.69) is 64.5 Å². The highest BCUT2D eigenvalue weighted by Gasteiger charge is 2.57. The molecule has 0 unspecified atom stereocenters. The fraction of sp³-hybridized carbons (Fsp3) is 0.368. The van der Waals surface area contributed by atoms with Gasteiger partial charge in [0.1, 0.15) is 17.1 Å². The number of allylic oxidation sites excluding steroid dienone is 2. The molecule has 6 heteroatoms. The van der Waals surface area contributed by atoms with Crippen LogP contribution < -0.4 is 26.5 Å². The van der Waals surface area contributed by atoms with E-state index in [4.69, 9.17) is 4.99 Å². The highest BCUT2D eigenvalue weighted by molar-refractivity contribution is 6.52. The van der Waals surface area contributed by atoms with Gasteiger partial charge in [-0.05, 0) is 74.3 Å². The van der Waals surface area contributed by atoms with E-state index in [0.29, 0.717) is 34.8 Å². The normalized spacial score (nSPS) is 25.6. The molecular formula is C38H34N4O2. The van der Waals surface area contributed by atoms with Crippen LogP contribution in [0.15, 0.2) is 71.4 Å². The molecule has 7 aliphatic rings. The third-order valence-corrected chi connectivity index (χ3v) is 11.7. The van der Waals surface area contributed by atoms with Gasteiger partial charge in [0.25, 0.3) is 0 Å². The van der Waals surface area contributed by atoms with Crippen molar-refractivity contribution in [2.45, 2.75) is 62.7 Å². The number of Topliss-reactive ketones (excluding diaryl/α,β-unsaturated/α-hetero) is 1. The van der Waals surface area contributed by atoms with Gasteiger partial charge >= 0.3 is 0 Å². The Bertz CT molecular complexity index is 2160. The first-order valence-electron chi connectivity index (χ1n) is 16.6. The van der Waals surface area contributed by atoms with Gasteiger partial charge in [0, 0.05) is 56.6 Å². The number of anilines is 3. The van der Waals surface area contributed by atoms with Gasteiger partial charge in [-0.1, -0.05) is 48.5 Å². The largest absolute Gasteiger partial charge is 0.506 e. The van der Waals surface area contributed by atoms with Gasteiger partial charge in [0.05, 0.1) is 22.2 Å². The molecule has 0 aromatic heterocycles. The molecule has 6 nitrogen and oxygen atoms in total. The van der Waals surface area contributed by atoms with Crippen LogP contribution in [0.3, 0.4) is 0 Å². The monoisotopic (exact) mass is 578 g/mol. The van der Waals surface area contributed by atoms with Crippen LogP contribution in [0.1, 0.15) is 56.9 Å². The molecule has 0 bridgehead atoms. The fourth-order valence-corrected chi connectivity index (χ4v) is 8.98. The maximum absolute atomic E-state index is 14.3. The standard InChI is InChI=1S/C38H34N4O2/c43-35-31(25-17-7-19-3-1-5-27-29(19)33(25)41-37(39-27,21-9-10-21)22-11-12-22)36(44)32(35)26-18-8-20-4-2-6-28-30(20)34(26)42-38(40-28,23-13-14-23)24-15-16-24/h1-8,17-18,21-24,39-41,43H,9-16H2/b32-26+. The zero-order valence-electron chi connectivity index (χ0n) is 24.5. The maximum atomic E-state index is 14.3. The van der Waals surface area contributed by atoms with E-state index < -0.39 is 0 Å². The predicted molar refractivity (Wildman–Crippen MR) is 174 cm³/mol. The molecule has 2 aliphatic heterocycles. The molecule has 218 valence electrons. The van der Waals surface area contributed by atoms with Crippen LogP contribution in [0.4, 0.5) is 17.1 Å². The van der Waals surface area contributed by atoms with E-state index in [-0.39, 0.29) is 22.9 Å². The van der Waals surface area contributed by atoms with Gasteiger partial charge in [0.15, 0.2) is 0 Å². The lowest BCUT2D eigenvalue weighted by atomic mass is 9.79. The van der Waals surface area contributed by atoms with Crippen molar-refractivity contribution < 1.29 is 9.90 Å². The van der Waals surface area contributed by atoms with Gasteiger partial charge in [-0.3, -0.25) is 9.79 Å². The second kappa shape index (κ2) is 7.84. The van der Waals surface area contributed by atoms with Gasteiger partial charge < -0.3 is 21.1 Å². The lowest BCUT2D eigenvalue weighted by molar-refractivity contribution is -0.109. The van der Waals surface area contributed by atoms with Crippen LogP contribution in [0.25, 0.3) is 32.7 Å². The molecule has 0 amide bonds. The van der Waals surface area contributed by atoms with Crippen molar-refractivity contribution in [1.29, 1.82) is 0 Å². The molecule has 44 heavy (non-hydrogen) atoms. The lowest BCUT2D eigenvalue weighted by Crippen LogP contribution is -2.52. The average molecular weight is 579 g/mol. The van der Waals surface area contributed by atoms with Crippen molar-refractivity contribution in [3.63, 3.8) is 0 Å². The van der Waals surface area contributed by atoms with Gasteiger partial charge in [-0.25, -0.2) is 0 Å². The number of aliphatic hydroxyl groups is 1. The van der Waals surface area contributed by atoms with E-state index in [9.17, 15) is 9.90 Å². The molecule has 0 saturated heterocycles. The quantitative estimate of drug-likeness (QED) is 0.214. The van der Waals surface area contributed by atoms with Gasteiger partial charge in [0.2, 0.25) is 5.78 Å². The van der Waals surface area contributed by atoms with Crippen molar-refractivity contribution in [3.05, 3.63) is 82.6 Å². The molecule has 4 fully saturated rings. The van der Waals surface area contributed by atoms with E-state index in [1.54, 1.807) is 0 Å². The van der Waals surface area contributed by atoms with E-state index in [1.807, 2.05) is 12.1 Å². The number of hydrogen-bond acceptors (Lipinski definition) is 6. The molecule has 2 heterocycles. The highest BCUT2D eigenvalue weighted by Crippen LogP contribution is 2.58. The molecule has 5 aliphatic carbocycles. The van der Waals surface area contributed by atoms with Crippen molar-refractivity contribution >= 4 is 55.5 Å². The Hall–Kier alpha value is -4.32. The second-order valence-electron chi connectivity index (χ2n) is 14.5. The average Bonchev–Trinajstić information content (AvgIpc) is 3.85. The Morgan fingerprint density at radius 2 is 1.27 bits per heavy atom. The van der Waals surface area contributed by atoms with Gasteiger partial charge in [-0.2, -0.15) is 0 Å².